The molecule has 0 aromatic heterocycles. The zero-order chi connectivity index (χ0) is 14.8. The zero-order valence-electron chi connectivity index (χ0n) is 11.4. The number of piperidine rings is 1. The summed E-state index contributed by atoms with van der Waals surface area (Å²) in [5.74, 6) is -1.54. The number of urea groups is 1. The highest BCUT2D eigenvalue weighted by Crippen LogP contribution is 2.30. The third-order valence-electron chi connectivity index (χ3n) is 4.30. The van der Waals surface area contributed by atoms with Crippen molar-refractivity contribution < 1.29 is 19.5 Å². The van der Waals surface area contributed by atoms with Gasteiger partial charge in [-0.25, -0.2) is 9.59 Å². The van der Waals surface area contributed by atoms with Crippen LogP contribution in [0.2, 0.25) is 0 Å². The van der Waals surface area contributed by atoms with Crippen LogP contribution in [0.4, 0.5) is 4.79 Å². The number of carboxylic acids is 1. The third kappa shape index (κ3) is 2.71. The molecule has 0 bridgehead atoms. The van der Waals surface area contributed by atoms with Crippen molar-refractivity contribution in [2.24, 2.45) is 5.73 Å². The Morgan fingerprint density at radius 2 is 1.80 bits per heavy atom. The first-order valence-electron chi connectivity index (χ1n) is 7.08. The second kappa shape index (κ2) is 5.68. The van der Waals surface area contributed by atoms with E-state index in [1.807, 2.05) is 0 Å². The topological polar surface area (TPSA) is 113 Å². The molecule has 0 radical (unpaired) electrons. The van der Waals surface area contributed by atoms with E-state index >= 15 is 0 Å². The predicted molar refractivity (Wildman–Crippen MR) is 70.9 cm³/mol. The maximum absolute atomic E-state index is 12.3. The van der Waals surface area contributed by atoms with Gasteiger partial charge >= 0.3 is 12.0 Å². The fourth-order valence-corrected chi connectivity index (χ4v) is 3.12. The third-order valence-corrected chi connectivity index (χ3v) is 4.30. The van der Waals surface area contributed by atoms with Crippen molar-refractivity contribution in [1.29, 1.82) is 0 Å². The Hall–Kier alpha value is -1.79. The van der Waals surface area contributed by atoms with Gasteiger partial charge in [0.25, 0.3) is 0 Å². The van der Waals surface area contributed by atoms with E-state index in [1.54, 1.807) is 0 Å². The minimum atomic E-state index is -1.18. The largest absolute Gasteiger partial charge is 0.480 e. The van der Waals surface area contributed by atoms with E-state index in [0.717, 1.165) is 25.7 Å². The van der Waals surface area contributed by atoms with Crippen molar-refractivity contribution >= 4 is 17.9 Å². The Morgan fingerprint density at radius 3 is 2.35 bits per heavy atom. The molecule has 1 unspecified atom stereocenters. The Balaban J connectivity index is 2.09. The number of carbonyl (C=O) groups excluding carboxylic acids is 2. The summed E-state index contributed by atoms with van der Waals surface area (Å²) < 4.78 is 0. The van der Waals surface area contributed by atoms with Gasteiger partial charge in [-0.15, -0.1) is 0 Å². The summed E-state index contributed by atoms with van der Waals surface area (Å²) in [6.07, 6.45) is 4.63. The van der Waals surface area contributed by atoms with Crippen LogP contribution < -0.4 is 11.1 Å². The molecule has 7 heteroatoms. The standard InChI is InChI=1S/C13H21N3O4/c14-10(17)9-5-1-4-8-16(9)12(20)15-13(11(18)19)6-2-3-7-13/h9H,1-8H2,(H2,14,17)(H,15,20)(H,18,19). The summed E-state index contributed by atoms with van der Waals surface area (Å²) in [5, 5.41) is 12.0. The first kappa shape index (κ1) is 14.6. The van der Waals surface area contributed by atoms with Crippen LogP contribution in [0.1, 0.15) is 44.9 Å². The van der Waals surface area contributed by atoms with Crippen LogP contribution in [-0.4, -0.2) is 46.0 Å². The number of primary amides is 1. The number of likely N-dealkylation sites (tertiary alicyclic amines) is 1. The van der Waals surface area contributed by atoms with Gasteiger partial charge in [0.1, 0.15) is 11.6 Å². The number of nitrogens with two attached hydrogens (primary N) is 1. The van der Waals surface area contributed by atoms with Gasteiger partial charge in [0.2, 0.25) is 5.91 Å². The van der Waals surface area contributed by atoms with Crippen LogP contribution in [0.5, 0.6) is 0 Å². The second-order valence-corrected chi connectivity index (χ2v) is 5.63. The average molecular weight is 283 g/mol. The van der Waals surface area contributed by atoms with Gasteiger partial charge in [-0.05, 0) is 32.1 Å². The molecular weight excluding hydrogens is 262 g/mol. The Kier molecular flexibility index (Phi) is 4.15. The monoisotopic (exact) mass is 283 g/mol. The number of nitrogens with one attached hydrogen (secondary N) is 1. The highest BCUT2D eigenvalue weighted by Gasteiger charge is 2.44. The van der Waals surface area contributed by atoms with Gasteiger partial charge in [-0.3, -0.25) is 4.79 Å². The zero-order valence-corrected chi connectivity index (χ0v) is 11.4. The lowest BCUT2D eigenvalue weighted by molar-refractivity contribution is -0.144. The minimum Gasteiger partial charge on any atom is -0.480 e. The molecule has 1 saturated heterocycles. The van der Waals surface area contributed by atoms with E-state index in [9.17, 15) is 19.5 Å². The molecule has 0 aromatic carbocycles. The number of carboxylic acid groups (broad SMARTS) is 1. The van der Waals surface area contributed by atoms with Crippen molar-refractivity contribution in [3.05, 3.63) is 0 Å². The van der Waals surface area contributed by atoms with Gasteiger partial charge in [-0.1, -0.05) is 12.8 Å². The number of hydrogen-bond donors (Lipinski definition) is 3. The van der Waals surface area contributed by atoms with Crippen LogP contribution in [0.25, 0.3) is 0 Å². The summed E-state index contributed by atoms with van der Waals surface area (Å²) in [7, 11) is 0. The first-order valence-corrected chi connectivity index (χ1v) is 7.08. The molecule has 2 rings (SSSR count). The molecule has 1 aliphatic heterocycles. The lowest BCUT2D eigenvalue weighted by Gasteiger charge is -2.36. The molecule has 2 aliphatic rings. The lowest BCUT2D eigenvalue weighted by atomic mass is 9.97. The average Bonchev–Trinajstić information content (AvgIpc) is 2.88. The van der Waals surface area contributed by atoms with Crippen molar-refractivity contribution in [1.82, 2.24) is 10.2 Å². The molecule has 1 saturated carbocycles. The summed E-state index contributed by atoms with van der Waals surface area (Å²) >= 11 is 0. The van der Waals surface area contributed by atoms with Crippen LogP contribution in [0.3, 0.4) is 0 Å². The Morgan fingerprint density at radius 1 is 1.15 bits per heavy atom. The smallest absolute Gasteiger partial charge is 0.329 e. The summed E-state index contributed by atoms with van der Waals surface area (Å²) in [4.78, 5) is 36.5. The van der Waals surface area contributed by atoms with Gasteiger partial charge < -0.3 is 21.1 Å². The maximum atomic E-state index is 12.3. The molecule has 4 N–H and O–H groups in total. The highest BCUT2D eigenvalue weighted by atomic mass is 16.4. The number of amides is 3. The van der Waals surface area contributed by atoms with E-state index in [2.05, 4.69) is 5.32 Å². The van der Waals surface area contributed by atoms with E-state index in [1.165, 1.54) is 4.90 Å². The van der Waals surface area contributed by atoms with Gasteiger partial charge in [0, 0.05) is 6.54 Å². The van der Waals surface area contributed by atoms with Crippen LogP contribution in [0, 0.1) is 0 Å². The quantitative estimate of drug-likeness (QED) is 0.697. The SMILES string of the molecule is NC(=O)C1CCCCN1C(=O)NC1(C(=O)O)CCCC1. The first-order chi connectivity index (χ1) is 9.46. The molecule has 3 amide bonds. The number of aliphatic carboxylic acids is 1. The molecule has 0 spiro atoms. The summed E-state index contributed by atoms with van der Waals surface area (Å²) in [5.41, 5.74) is 4.14. The molecule has 1 aliphatic carbocycles. The maximum Gasteiger partial charge on any atom is 0.329 e. The molecule has 1 heterocycles. The fourth-order valence-electron chi connectivity index (χ4n) is 3.12. The molecule has 0 aromatic rings. The summed E-state index contributed by atoms with van der Waals surface area (Å²) in [6, 6.07) is -1.12. The molecule has 1 atom stereocenters. The van der Waals surface area contributed by atoms with Crippen molar-refractivity contribution in [3.8, 4) is 0 Å². The molecular formula is C13H21N3O4. The molecule has 20 heavy (non-hydrogen) atoms. The number of rotatable bonds is 3. The molecule has 2 fully saturated rings. The van der Waals surface area contributed by atoms with E-state index in [0.29, 0.717) is 25.8 Å². The fraction of sp³-hybridized carbons (Fsp3) is 0.769. The lowest BCUT2D eigenvalue weighted by Crippen LogP contribution is -2.60. The van der Waals surface area contributed by atoms with E-state index in [-0.39, 0.29) is 0 Å². The van der Waals surface area contributed by atoms with Crippen molar-refractivity contribution in [3.63, 3.8) is 0 Å². The Bertz CT molecular complexity index is 418. The minimum absolute atomic E-state index is 0.434. The van der Waals surface area contributed by atoms with Crippen LogP contribution >= 0.6 is 0 Å². The number of nitrogens with zero attached hydrogens (tertiary/aromatic N) is 1. The molecule has 7 nitrogen and oxygen atoms in total. The van der Waals surface area contributed by atoms with Crippen molar-refractivity contribution in [2.75, 3.05) is 6.54 Å². The Labute approximate surface area is 117 Å². The molecule has 112 valence electrons. The van der Waals surface area contributed by atoms with Crippen LogP contribution in [0.15, 0.2) is 0 Å². The predicted octanol–water partition coefficient (Wildman–Crippen LogP) is 0.433. The number of carbonyl (C=O) groups is 3. The van der Waals surface area contributed by atoms with Gasteiger partial charge in [-0.2, -0.15) is 0 Å². The second-order valence-electron chi connectivity index (χ2n) is 5.63. The van der Waals surface area contributed by atoms with E-state index in [4.69, 9.17) is 5.73 Å². The summed E-state index contributed by atoms with van der Waals surface area (Å²) in [6.45, 7) is 0.440. The van der Waals surface area contributed by atoms with Gasteiger partial charge in [0.15, 0.2) is 0 Å². The van der Waals surface area contributed by atoms with Crippen LogP contribution in [-0.2, 0) is 9.59 Å². The number of hydrogen-bond acceptors (Lipinski definition) is 3. The highest BCUT2D eigenvalue weighted by molar-refractivity contribution is 5.90. The van der Waals surface area contributed by atoms with E-state index < -0.39 is 29.5 Å². The van der Waals surface area contributed by atoms with Crippen molar-refractivity contribution in [2.45, 2.75) is 56.5 Å². The normalized spacial score (nSPS) is 25.2. The van der Waals surface area contributed by atoms with Gasteiger partial charge in [0.05, 0.1) is 0 Å².